The van der Waals surface area contributed by atoms with E-state index in [-0.39, 0.29) is 25.2 Å². The topological polar surface area (TPSA) is 67.8 Å². The van der Waals surface area contributed by atoms with Crippen molar-refractivity contribution in [2.24, 2.45) is 0 Å². The molecule has 0 aliphatic carbocycles. The van der Waals surface area contributed by atoms with E-state index in [1.54, 1.807) is 0 Å². The number of nitrogens with one attached hydrogen (secondary N) is 1. The van der Waals surface area contributed by atoms with Crippen molar-refractivity contribution in [1.29, 1.82) is 0 Å². The number of carbonyl (C=O) groups is 1. The number of aryl methyl sites for hydroxylation is 2. The number of ether oxygens (including phenoxy) is 2. The van der Waals surface area contributed by atoms with Crippen LogP contribution >= 0.6 is 0 Å². The van der Waals surface area contributed by atoms with Gasteiger partial charge < -0.3 is 19.9 Å². The maximum Gasteiger partial charge on any atom is 0.258 e. The minimum absolute atomic E-state index is 0.0617. The summed E-state index contributed by atoms with van der Waals surface area (Å²) < 4.78 is 10.8. The molecule has 21 heavy (non-hydrogen) atoms. The van der Waals surface area contributed by atoms with Gasteiger partial charge in [-0.25, -0.2) is 0 Å². The standard InChI is InChI=1S/C16H23NO4/c1-11-4-5-14(8-12(11)2)21-9-15(18)17-10-16(19)6-7-20-13(16)3/h4-5,8,13,19H,6-7,9-10H2,1-3H3,(H,17,18). The lowest BCUT2D eigenvalue weighted by molar-refractivity contribution is -0.124. The molecule has 5 heteroatoms. The Morgan fingerprint density at radius 1 is 1.48 bits per heavy atom. The number of amides is 1. The second kappa shape index (κ2) is 6.45. The molecule has 2 rings (SSSR count). The predicted molar refractivity (Wildman–Crippen MR) is 79.4 cm³/mol. The van der Waals surface area contributed by atoms with Crippen molar-refractivity contribution in [3.63, 3.8) is 0 Å². The summed E-state index contributed by atoms with van der Waals surface area (Å²) in [6.45, 7) is 6.48. The van der Waals surface area contributed by atoms with Crippen LogP contribution in [0.1, 0.15) is 24.5 Å². The van der Waals surface area contributed by atoms with Crippen LogP contribution in [0.3, 0.4) is 0 Å². The largest absolute Gasteiger partial charge is 0.484 e. The molecule has 1 aliphatic rings. The van der Waals surface area contributed by atoms with Crippen molar-refractivity contribution >= 4 is 5.91 Å². The number of hydrogen-bond acceptors (Lipinski definition) is 4. The number of rotatable bonds is 5. The Kier molecular flexibility index (Phi) is 4.85. The Bertz CT molecular complexity index is 517. The lowest BCUT2D eigenvalue weighted by atomic mass is 9.97. The van der Waals surface area contributed by atoms with E-state index in [9.17, 15) is 9.90 Å². The van der Waals surface area contributed by atoms with E-state index in [0.717, 1.165) is 5.56 Å². The fourth-order valence-corrected chi connectivity index (χ4v) is 2.26. The molecule has 1 aromatic carbocycles. The van der Waals surface area contributed by atoms with E-state index < -0.39 is 5.60 Å². The van der Waals surface area contributed by atoms with Gasteiger partial charge in [0, 0.05) is 19.6 Å². The first-order valence-corrected chi connectivity index (χ1v) is 7.21. The number of aliphatic hydroxyl groups is 1. The average molecular weight is 293 g/mol. The first-order chi connectivity index (χ1) is 9.90. The van der Waals surface area contributed by atoms with Crippen molar-refractivity contribution in [2.75, 3.05) is 19.8 Å². The summed E-state index contributed by atoms with van der Waals surface area (Å²) in [5.74, 6) is 0.422. The summed E-state index contributed by atoms with van der Waals surface area (Å²) in [6.07, 6.45) is 0.269. The average Bonchev–Trinajstić information content (AvgIpc) is 2.78. The maximum atomic E-state index is 11.8. The zero-order valence-corrected chi connectivity index (χ0v) is 12.8. The molecular formula is C16H23NO4. The molecule has 116 valence electrons. The zero-order chi connectivity index (χ0) is 15.5. The van der Waals surface area contributed by atoms with Crippen molar-refractivity contribution in [3.8, 4) is 5.75 Å². The van der Waals surface area contributed by atoms with E-state index in [2.05, 4.69) is 5.32 Å². The second-order valence-corrected chi connectivity index (χ2v) is 5.68. The van der Waals surface area contributed by atoms with Gasteiger partial charge in [-0.2, -0.15) is 0 Å². The van der Waals surface area contributed by atoms with Gasteiger partial charge in [-0.3, -0.25) is 4.79 Å². The van der Waals surface area contributed by atoms with Crippen molar-refractivity contribution in [2.45, 2.75) is 38.9 Å². The molecule has 0 radical (unpaired) electrons. The molecule has 1 heterocycles. The number of hydrogen-bond donors (Lipinski definition) is 2. The molecule has 1 aliphatic heterocycles. The first kappa shape index (κ1) is 15.8. The van der Waals surface area contributed by atoms with Gasteiger partial charge in [0.25, 0.3) is 5.91 Å². The van der Waals surface area contributed by atoms with Gasteiger partial charge in [-0.15, -0.1) is 0 Å². The van der Waals surface area contributed by atoms with Gasteiger partial charge in [0.2, 0.25) is 0 Å². The molecule has 1 aromatic rings. The summed E-state index contributed by atoms with van der Waals surface area (Å²) in [5, 5.41) is 13.0. The van der Waals surface area contributed by atoms with E-state index in [4.69, 9.17) is 9.47 Å². The Labute approximate surface area is 125 Å². The third-order valence-electron chi connectivity index (χ3n) is 4.10. The molecular weight excluding hydrogens is 270 g/mol. The molecule has 1 amide bonds. The Hall–Kier alpha value is -1.59. The lowest BCUT2D eigenvalue weighted by Crippen LogP contribution is -2.48. The third-order valence-corrected chi connectivity index (χ3v) is 4.10. The van der Waals surface area contributed by atoms with Crippen LogP contribution < -0.4 is 10.1 Å². The summed E-state index contributed by atoms with van der Waals surface area (Å²) in [7, 11) is 0. The van der Waals surface area contributed by atoms with Crippen LogP contribution in [-0.4, -0.2) is 42.5 Å². The number of carbonyl (C=O) groups excluding carboxylic acids is 1. The smallest absolute Gasteiger partial charge is 0.258 e. The minimum atomic E-state index is -0.976. The van der Waals surface area contributed by atoms with Crippen LogP contribution in [0.25, 0.3) is 0 Å². The van der Waals surface area contributed by atoms with Crippen molar-refractivity contribution < 1.29 is 19.4 Å². The van der Waals surface area contributed by atoms with E-state index >= 15 is 0 Å². The Balaban J connectivity index is 1.78. The molecule has 2 atom stereocenters. The Morgan fingerprint density at radius 2 is 2.24 bits per heavy atom. The second-order valence-electron chi connectivity index (χ2n) is 5.68. The summed E-state index contributed by atoms with van der Waals surface area (Å²) in [4.78, 5) is 11.8. The first-order valence-electron chi connectivity index (χ1n) is 7.21. The zero-order valence-electron chi connectivity index (χ0n) is 12.8. The monoisotopic (exact) mass is 293 g/mol. The summed E-state index contributed by atoms with van der Waals surface area (Å²) in [5.41, 5.74) is 1.33. The molecule has 1 saturated heterocycles. The molecule has 5 nitrogen and oxygen atoms in total. The predicted octanol–water partition coefficient (Wildman–Crippen LogP) is 1.34. The molecule has 2 N–H and O–H groups in total. The summed E-state index contributed by atoms with van der Waals surface area (Å²) >= 11 is 0. The van der Waals surface area contributed by atoms with Crippen molar-refractivity contribution in [1.82, 2.24) is 5.32 Å². The van der Waals surface area contributed by atoms with Crippen LogP contribution in [0.2, 0.25) is 0 Å². The van der Waals surface area contributed by atoms with Gasteiger partial charge in [0.1, 0.15) is 11.4 Å². The van der Waals surface area contributed by atoms with E-state index in [0.29, 0.717) is 18.8 Å². The molecule has 0 spiro atoms. The lowest BCUT2D eigenvalue weighted by Gasteiger charge is -2.26. The normalized spacial score (nSPS) is 24.9. The van der Waals surface area contributed by atoms with Crippen LogP contribution in [0, 0.1) is 13.8 Å². The van der Waals surface area contributed by atoms with Gasteiger partial charge in [-0.1, -0.05) is 6.07 Å². The highest BCUT2D eigenvalue weighted by Crippen LogP contribution is 2.24. The van der Waals surface area contributed by atoms with Gasteiger partial charge in [0.15, 0.2) is 6.61 Å². The fourth-order valence-electron chi connectivity index (χ4n) is 2.26. The maximum absolute atomic E-state index is 11.8. The molecule has 0 aromatic heterocycles. The van der Waals surface area contributed by atoms with Crippen molar-refractivity contribution in [3.05, 3.63) is 29.3 Å². The van der Waals surface area contributed by atoms with Gasteiger partial charge in [-0.05, 0) is 44.0 Å². The van der Waals surface area contributed by atoms with Crippen LogP contribution in [-0.2, 0) is 9.53 Å². The molecule has 2 unspecified atom stereocenters. The molecule has 1 fully saturated rings. The molecule has 0 saturated carbocycles. The van der Waals surface area contributed by atoms with E-state index in [1.165, 1.54) is 5.56 Å². The quantitative estimate of drug-likeness (QED) is 0.859. The van der Waals surface area contributed by atoms with Gasteiger partial charge >= 0.3 is 0 Å². The van der Waals surface area contributed by atoms with Crippen LogP contribution in [0.4, 0.5) is 0 Å². The summed E-state index contributed by atoms with van der Waals surface area (Å²) in [6, 6.07) is 5.71. The number of benzene rings is 1. The van der Waals surface area contributed by atoms with Gasteiger partial charge in [0.05, 0.1) is 6.10 Å². The minimum Gasteiger partial charge on any atom is -0.484 e. The van der Waals surface area contributed by atoms with Crippen LogP contribution in [0.15, 0.2) is 18.2 Å². The SMILES string of the molecule is Cc1ccc(OCC(=O)NCC2(O)CCOC2C)cc1C. The van der Waals surface area contributed by atoms with Crippen LogP contribution in [0.5, 0.6) is 5.75 Å². The van der Waals surface area contributed by atoms with E-state index in [1.807, 2.05) is 39.0 Å². The highest BCUT2D eigenvalue weighted by molar-refractivity contribution is 5.77. The third kappa shape index (κ3) is 3.95. The molecule has 0 bridgehead atoms. The highest BCUT2D eigenvalue weighted by atomic mass is 16.5. The highest BCUT2D eigenvalue weighted by Gasteiger charge is 2.39. The fraction of sp³-hybridized carbons (Fsp3) is 0.562. The Morgan fingerprint density at radius 3 is 2.86 bits per heavy atom.